The predicted molar refractivity (Wildman–Crippen MR) is 67.3 cm³/mol. The van der Waals surface area contributed by atoms with E-state index < -0.39 is 15.1 Å². The largest absolute Gasteiger partial charge is 0.466 e. The Kier molecular flexibility index (Phi) is 3.23. The van der Waals surface area contributed by atoms with Crippen LogP contribution in [0.2, 0.25) is 0 Å². The SMILES string of the molecule is Cc1cc(C(=O)N2CC[C@@H](S(C)(=O)=O)C2)c(C)o1. The molecule has 2 rings (SSSR count). The van der Waals surface area contributed by atoms with Gasteiger partial charge in [-0.1, -0.05) is 0 Å². The third kappa shape index (κ3) is 2.43. The van der Waals surface area contributed by atoms with Crippen LogP contribution in [0.4, 0.5) is 0 Å². The fourth-order valence-corrected chi connectivity index (χ4v) is 3.26. The van der Waals surface area contributed by atoms with Gasteiger partial charge in [-0.05, 0) is 26.3 Å². The second-order valence-electron chi connectivity index (χ2n) is 4.82. The van der Waals surface area contributed by atoms with Crippen molar-refractivity contribution in [3.8, 4) is 0 Å². The average Bonchev–Trinajstić information content (AvgIpc) is 2.83. The predicted octanol–water partition coefficient (Wildman–Crippen LogP) is 1.16. The maximum Gasteiger partial charge on any atom is 0.257 e. The second-order valence-corrected chi connectivity index (χ2v) is 7.14. The van der Waals surface area contributed by atoms with Gasteiger partial charge in [0.05, 0.1) is 10.8 Å². The first-order chi connectivity index (χ1) is 8.29. The molecule has 0 spiro atoms. The first-order valence-electron chi connectivity index (χ1n) is 5.84. The molecule has 0 bridgehead atoms. The molecule has 100 valence electrons. The molecule has 6 heteroatoms. The van der Waals surface area contributed by atoms with Gasteiger partial charge in [-0.25, -0.2) is 8.42 Å². The molecule has 0 N–H and O–H groups in total. The lowest BCUT2D eigenvalue weighted by Crippen LogP contribution is -2.31. The zero-order chi connectivity index (χ0) is 13.5. The minimum Gasteiger partial charge on any atom is -0.466 e. The van der Waals surface area contributed by atoms with Gasteiger partial charge >= 0.3 is 0 Å². The number of furan rings is 1. The number of nitrogens with zero attached hydrogens (tertiary/aromatic N) is 1. The number of amides is 1. The maximum atomic E-state index is 12.2. The Balaban J connectivity index is 2.15. The van der Waals surface area contributed by atoms with Gasteiger partial charge in [-0.2, -0.15) is 0 Å². The molecule has 1 saturated heterocycles. The molecule has 2 heterocycles. The quantitative estimate of drug-likeness (QED) is 0.809. The second kappa shape index (κ2) is 4.42. The fourth-order valence-electron chi connectivity index (χ4n) is 2.28. The Morgan fingerprint density at radius 1 is 1.44 bits per heavy atom. The molecule has 0 aromatic carbocycles. The molecule has 0 unspecified atom stereocenters. The lowest BCUT2D eigenvalue weighted by atomic mass is 10.2. The van der Waals surface area contributed by atoms with E-state index in [4.69, 9.17) is 4.42 Å². The van der Waals surface area contributed by atoms with Crippen LogP contribution >= 0.6 is 0 Å². The molecule has 18 heavy (non-hydrogen) atoms. The topological polar surface area (TPSA) is 67.6 Å². The van der Waals surface area contributed by atoms with E-state index >= 15 is 0 Å². The van der Waals surface area contributed by atoms with Crippen molar-refractivity contribution in [2.24, 2.45) is 0 Å². The van der Waals surface area contributed by atoms with Crippen molar-refractivity contribution in [1.82, 2.24) is 4.90 Å². The Hall–Kier alpha value is -1.30. The highest BCUT2D eigenvalue weighted by molar-refractivity contribution is 7.91. The van der Waals surface area contributed by atoms with Crippen molar-refractivity contribution in [3.05, 3.63) is 23.2 Å². The number of carbonyl (C=O) groups is 1. The summed E-state index contributed by atoms with van der Waals surface area (Å²) in [6.07, 6.45) is 1.74. The van der Waals surface area contributed by atoms with Crippen LogP contribution in [0.1, 0.15) is 28.3 Å². The lowest BCUT2D eigenvalue weighted by Gasteiger charge is -2.15. The van der Waals surface area contributed by atoms with Crippen molar-refractivity contribution < 1.29 is 17.6 Å². The molecule has 0 aliphatic carbocycles. The fraction of sp³-hybridized carbons (Fsp3) is 0.583. The first kappa shape index (κ1) is 13.1. The highest BCUT2D eigenvalue weighted by Gasteiger charge is 2.33. The van der Waals surface area contributed by atoms with Gasteiger partial charge in [0.1, 0.15) is 11.5 Å². The summed E-state index contributed by atoms with van der Waals surface area (Å²) in [5.74, 6) is 1.13. The zero-order valence-corrected chi connectivity index (χ0v) is 11.6. The van der Waals surface area contributed by atoms with E-state index in [-0.39, 0.29) is 12.5 Å². The van der Waals surface area contributed by atoms with Gasteiger partial charge in [0, 0.05) is 19.3 Å². The summed E-state index contributed by atoms with van der Waals surface area (Å²) < 4.78 is 28.2. The minimum atomic E-state index is -3.07. The summed E-state index contributed by atoms with van der Waals surface area (Å²) in [5.41, 5.74) is 0.529. The van der Waals surface area contributed by atoms with E-state index in [1.54, 1.807) is 24.8 Å². The van der Waals surface area contributed by atoms with Gasteiger partial charge in [0.15, 0.2) is 9.84 Å². The minimum absolute atomic E-state index is 0.143. The van der Waals surface area contributed by atoms with Gasteiger partial charge in [-0.3, -0.25) is 4.79 Å². The Morgan fingerprint density at radius 3 is 2.56 bits per heavy atom. The monoisotopic (exact) mass is 271 g/mol. The molecule has 1 atom stereocenters. The molecular formula is C12H17NO4S. The lowest BCUT2D eigenvalue weighted by molar-refractivity contribution is 0.0791. The number of aryl methyl sites for hydroxylation is 2. The van der Waals surface area contributed by atoms with Crippen LogP contribution < -0.4 is 0 Å². The Bertz CT molecular complexity index is 573. The van der Waals surface area contributed by atoms with Gasteiger partial charge in [0.25, 0.3) is 5.91 Å². The van der Waals surface area contributed by atoms with Crippen molar-refractivity contribution in [2.75, 3.05) is 19.3 Å². The van der Waals surface area contributed by atoms with E-state index in [0.29, 0.717) is 30.0 Å². The standard InChI is InChI=1S/C12H17NO4S/c1-8-6-11(9(2)17-8)12(14)13-5-4-10(7-13)18(3,15)16/h6,10H,4-5,7H2,1-3H3/t10-/m1/s1. The van der Waals surface area contributed by atoms with Gasteiger partial charge in [-0.15, -0.1) is 0 Å². The molecule has 1 aromatic rings. The van der Waals surface area contributed by atoms with Crippen LogP contribution in [0.3, 0.4) is 0 Å². The molecular weight excluding hydrogens is 254 g/mol. The smallest absolute Gasteiger partial charge is 0.257 e. The molecule has 1 amide bonds. The third-order valence-corrected chi connectivity index (χ3v) is 4.90. The molecule has 1 fully saturated rings. The van der Waals surface area contributed by atoms with Crippen LogP contribution in [0.5, 0.6) is 0 Å². The molecule has 1 aliphatic heterocycles. The molecule has 5 nitrogen and oxygen atoms in total. The van der Waals surface area contributed by atoms with Crippen LogP contribution in [0.25, 0.3) is 0 Å². The molecule has 0 saturated carbocycles. The normalized spacial score (nSPS) is 20.4. The Morgan fingerprint density at radius 2 is 2.11 bits per heavy atom. The number of carbonyl (C=O) groups excluding carboxylic acids is 1. The maximum absolute atomic E-state index is 12.2. The number of likely N-dealkylation sites (tertiary alicyclic amines) is 1. The number of hydrogen-bond donors (Lipinski definition) is 0. The van der Waals surface area contributed by atoms with E-state index in [1.807, 2.05) is 0 Å². The van der Waals surface area contributed by atoms with Gasteiger partial charge < -0.3 is 9.32 Å². The van der Waals surface area contributed by atoms with Crippen LogP contribution in [0, 0.1) is 13.8 Å². The first-order valence-corrected chi connectivity index (χ1v) is 7.79. The molecule has 1 aromatic heterocycles. The number of rotatable bonds is 2. The highest BCUT2D eigenvalue weighted by atomic mass is 32.2. The summed E-state index contributed by atoms with van der Waals surface area (Å²) in [5, 5.41) is -0.435. The summed E-state index contributed by atoms with van der Waals surface area (Å²) in [6.45, 7) is 4.29. The molecule has 0 radical (unpaired) electrons. The summed E-state index contributed by atoms with van der Waals surface area (Å²) >= 11 is 0. The number of sulfone groups is 1. The third-order valence-electron chi connectivity index (χ3n) is 3.31. The summed E-state index contributed by atoms with van der Waals surface area (Å²) in [4.78, 5) is 13.8. The van der Waals surface area contributed by atoms with E-state index in [0.717, 1.165) is 0 Å². The van der Waals surface area contributed by atoms with E-state index in [1.165, 1.54) is 6.26 Å². The average molecular weight is 271 g/mol. The number of hydrogen-bond acceptors (Lipinski definition) is 4. The Labute approximate surface area is 107 Å². The molecule has 1 aliphatic rings. The van der Waals surface area contributed by atoms with Crippen molar-refractivity contribution in [1.29, 1.82) is 0 Å². The summed E-state index contributed by atoms with van der Waals surface area (Å²) in [6, 6.07) is 1.70. The van der Waals surface area contributed by atoms with Crippen molar-refractivity contribution >= 4 is 15.7 Å². The van der Waals surface area contributed by atoms with Crippen molar-refractivity contribution in [2.45, 2.75) is 25.5 Å². The van der Waals surface area contributed by atoms with Crippen LogP contribution in [-0.2, 0) is 9.84 Å². The van der Waals surface area contributed by atoms with Crippen LogP contribution in [-0.4, -0.2) is 43.8 Å². The highest BCUT2D eigenvalue weighted by Crippen LogP contribution is 2.21. The van der Waals surface area contributed by atoms with Gasteiger partial charge in [0.2, 0.25) is 0 Å². The van der Waals surface area contributed by atoms with Crippen molar-refractivity contribution in [3.63, 3.8) is 0 Å². The van der Waals surface area contributed by atoms with E-state index in [9.17, 15) is 13.2 Å². The van der Waals surface area contributed by atoms with Crippen LogP contribution in [0.15, 0.2) is 10.5 Å². The van der Waals surface area contributed by atoms with E-state index in [2.05, 4.69) is 0 Å². The zero-order valence-electron chi connectivity index (χ0n) is 10.8. The summed E-state index contributed by atoms with van der Waals surface area (Å²) in [7, 11) is -3.07.